The van der Waals surface area contributed by atoms with Crippen LogP contribution in [0.5, 0.6) is 0 Å². The lowest BCUT2D eigenvalue weighted by molar-refractivity contribution is -0.124. The van der Waals surface area contributed by atoms with E-state index in [1.54, 1.807) is 6.92 Å². The third kappa shape index (κ3) is 3.81. The summed E-state index contributed by atoms with van der Waals surface area (Å²) in [6.45, 7) is 6.69. The molecule has 0 unspecified atom stereocenters. The summed E-state index contributed by atoms with van der Waals surface area (Å²) < 4.78 is 10.7. The highest BCUT2D eigenvalue weighted by Gasteiger charge is 2.28. The molecular formula is C20H23NO4S. The Labute approximate surface area is 157 Å². The van der Waals surface area contributed by atoms with Gasteiger partial charge in [-0.05, 0) is 44.7 Å². The zero-order valence-electron chi connectivity index (χ0n) is 15.3. The van der Waals surface area contributed by atoms with Crippen molar-refractivity contribution in [2.45, 2.75) is 39.7 Å². The second-order valence-electron chi connectivity index (χ2n) is 6.38. The Morgan fingerprint density at radius 3 is 2.77 bits per heavy atom. The molecule has 1 fully saturated rings. The summed E-state index contributed by atoms with van der Waals surface area (Å²) >= 11 is 1.34. The smallest absolute Gasteiger partial charge is 0.341 e. The van der Waals surface area contributed by atoms with E-state index in [9.17, 15) is 9.59 Å². The Bertz CT molecular complexity index is 821. The van der Waals surface area contributed by atoms with Crippen molar-refractivity contribution in [2.24, 2.45) is 0 Å². The highest BCUT2D eigenvalue weighted by atomic mass is 32.1. The van der Waals surface area contributed by atoms with Gasteiger partial charge in [-0.3, -0.25) is 4.79 Å². The van der Waals surface area contributed by atoms with Gasteiger partial charge >= 0.3 is 5.97 Å². The molecule has 1 aromatic heterocycles. The van der Waals surface area contributed by atoms with E-state index in [2.05, 4.69) is 11.4 Å². The fourth-order valence-corrected chi connectivity index (χ4v) is 4.10. The average Bonchev–Trinajstić information content (AvgIpc) is 3.25. The van der Waals surface area contributed by atoms with Crippen LogP contribution in [0.3, 0.4) is 0 Å². The molecule has 3 rings (SSSR count). The number of amides is 1. The number of benzene rings is 1. The van der Waals surface area contributed by atoms with Crippen molar-refractivity contribution in [1.82, 2.24) is 0 Å². The van der Waals surface area contributed by atoms with E-state index >= 15 is 0 Å². The highest BCUT2D eigenvalue weighted by molar-refractivity contribution is 7.15. The number of aryl methyl sites for hydroxylation is 2. The first-order valence-corrected chi connectivity index (χ1v) is 9.68. The van der Waals surface area contributed by atoms with Gasteiger partial charge in [0.2, 0.25) is 0 Å². The van der Waals surface area contributed by atoms with E-state index in [4.69, 9.17) is 9.47 Å². The molecule has 2 heterocycles. The SMILES string of the molecule is CCOC(=O)c1c(-c2ccc(C)cc2C)csc1NC(=O)[C@H]1CCCO1. The van der Waals surface area contributed by atoms with Crippen LogP contribution in [0.25, 0.3) is 11.1 Å². The molecule has 138 valence electrons. The van der Waals surface area contributed by atoms with Crippen molar-refractivity contribution in [2.75, 3.05) is 18.5 Å². The van der Waals surface area contributed by atoms with Crippen molar-refractivity contribution in [3.05, 3.63) is 40.3 Å². The lowest BCUT2D eigenvalue weighted by atomic mass is 9.97. The number of carbonyl (C=O) groups excluding carboxylic acids is 2. The zero-order chi connectivity index (χ0) is 18.7. The largest absolute Gasteiger partial charge is 0.462 e. The number of hydrogen-bond acceptors (Lipinski definition) is 5. The third-order valence-electron chi connectivity index (χ3n) is 4.40. The van der Waals surface area contributed by atoms with Gasteiger partial charge in [-0.25, -0.2) is 4.79 Å². The van der Waals surface area contributed by atoms with Gasteiger partial charge in [-0.1, -0.05) is 23.8 Å². The molecule has 1 aromatic carbocycles. The number of hydrogen-bond donors (Lipinski definition) is 1. The van der Waals surface area contributed by atoms with Crippen LogP contribution in [0.1, 0.15) is 41.3 Å². The van der Waals surface area contributed by atoms with Crippen molar-refractivity contribution in [3.8, 4) is 11.1 Å². The maximum atomic E-state index is 12.6. The van der Waals surface area contributed by atoms with Crippen LogP contribution in [0.2, 0.25) is 0 Å². The van der Waals surface area contributed by atoms with Crippen LogP contribution in [0, 0.1) is 13.8 Å². The van der Waals surface area contributed by atoms with E-state index in [0.29, 0.717) is 23.6 Å². The topological polar surface area (TPSA) is 64.6 Å². The van der Waals surface area contributed by atoms with Crippen molar-refractivity contribution in [1.29, 1.82) is 0 Å². The summed E-state index contributed by atoms with van der Waals surface area (Å²) in [5, 5.41) is 5.28. The monoisotopic (exact) mass is 373 g/mol. The minimum absolute atomic E-state index is 0.206. The first-order valence-electron chi connectivity index (χ1n) is 8.80. The molecule has 0 spiro atoms. The normalized spacial score (nSPS) is 16.5. The summed E-state index contributed by atoms with van der Waals surface area (Å²) in [4.78, 5) is 25.0. The Balaban J connectivity index is 1.98. The van der Waals surface area contributed by atoms with Crippen molar-refractivity contribution >= 4 is 28.2 Å². The van der Waals surface area contributed by atoms with E-state index < -0.39 is 12.1 Å². The van der Waals surface area contributed by atoms with E-state index in [-0.39, 0.29) is 12.5 Å². The predicted octanol–water partition coefficient (Wildman–Crippen LogP) is 4.33. The summed E-state index contributed by atoms with van der Waals surface area (Å²) in [5.41, 5.74) is 4.40. The fraction of sp³-hybridized carbons (Fsp3) is 0.400. The van der Waals surface area contributed by atoms with Gasteiger partial charge in [-0.2, -0.15) is 0 Å². The minimum atomic E-state index is -0.447. The summed E-state index contributed by atoms with van der Waals surface area (Å²) in [5.74, 6) is -0.631. The Hall–Kier alpha value is -2.18. The molecule has 2 aromatic rings. The molecule has 0 aliphatic carbocycles. The van der Waals surface area contributed by atoms with Gasteiger partial charge in [-0.15, -0.1) is 11.3 Å². The van der Waals surface area contributed by atoms with Crippen molar-refractivity contribution < 1.29 is 19.1 Å². The second kappa shape index (κ2) is 8.01. The van der Waals surface area contributed by atoms with E-state index in [0.717, 1.165) is 28.7 Å². The van der Waals surface area contributed by atoms with Crippen LogP contribution in [0.4, 0.5) is 5.00 Å². The molecular weight excluding hydrogens is 350 g/mol. The molecule has 1 aliphatic rings. The molecule has 1 N–H and O–H groups in total. The summed E-state index contributed by atoms with van der Waals surface area (Å²) in [7, 11) is 0. The number of nitrogens with one attached hydrogen (secondary N) is 1. The predicted molar refractivity (Wildman–Crippen MR) is 103 cm³/mol. The van der Waals surface area contributed by atoms with Gasteiger partial charge in [0.1, 0.15) is 16.7 Å². The molecule has 1 atom stereocenters. The number of anilines is 1. The zero-order valence-corrected chi connectivity index (χ0v) is 16.1. The lowest BCUT2D eigenvalue weighted by Gasteiger charge is -2.12. The minimum Gasteiger partial charge on any atom is -0.462 e. The molecule has 1 saturated heterocycles. The number of esters is 1. The lowest BCUT2D eigenvalue weighted by Crippen LogP contribution is -2.27. The Kier molecular flexibility index (Phi) is 5.74. The molecule has 0 radical (unpaired) electrons. The fourth-order valence-electron chi connectivity index (χ4n) is 3.15. The number of carbonyl (C=O) groups is 2. The van der Waals surface area contributed by atoms with Crippen LogP contribution < -0.4 is 5.32 Å². The molecule has 1 aliphatic heterocycles. The number of ether oxygens (including phenoxy) is 2. The molecule has 26 heavy (non-hydrogen) atoms. The molecule has 0 saturated carbocycles. The molecule has 0 bridgehead atoms. The third-order valence-corrected chi connectivity index (χ3v) is 5.30. The van der Waals surface area contributed by atoms with Gasteiger partial charge in [0.25, 0.3) is 5.91 Å². The molecule has 6 heteroatoms. The van der Waals surface area contributed by atoms with Crippen molar-refractivity contribution in [3.63, 3.8) is 0 Å². The standard InChI is InChI=1S/C20H23NO4S/c1-4-24-20(23)17-15(14-8-7-12(2)10-13(14)3)11-26-19(17)21-18(22)16-6-5-9-25-16/h7-8,10-11,16H,4-6,9H2,1-3H3,(H,21,22)/t16-/m1/s1. The maximum absolute atomic E-state index is 12.6. The van der Waals surface area contributed by atoms with Gasteiger partial charge in [0.05, 0.1) is 6.61 Å². The second-order valence-corrected chi connectivity index (χ2v) is 7.26. The van der Waals surface area contributed by atoms with Crippen LogP contribution in [-0.2, 0) is 14.3 Å². The summed E-state index contributed by atoms with van der Waals surface area (Å²) in [6.07, 6.45) is 1.13. The van der Waals surface area contributed by atoms with Crippen LogP contribution in [0.15, 0.2) is 23.6 Å². The number of rotatable bonds is 5. The van der Waals surface area contributed by atoms with E-state index in [1.807, 2.05) is 31.4 Å². The maximum Gasteiger partial charge on any atom is 0.341 e. The number of thiophene rings is 1. The van der Waals surface area contributed by atoms with E-state index in [1.165, 1.54) is 11.3 Å². The Morgan fingerprint density at radius 2 is 2.12 bits per heavy atom. The first-order chi connectivity index (χ1) is 12.5. The molecule has 5 nitrogen and oxygen atoms in total. The van der Waals surface area contributed by atoms with Crippen LogP contribution in [-0.4, -0.2) is 31.2 Å². The van der Waals surface area contributed by atoms with Gasteiger partial charge in [0.15, 0.2) is 0 Å². The average molecular weight is 373 g/mol. The molecule has 1 amide bonds. The van der Waals surface area contributed by atoms with Gasteiger partial charge in [0, 0.05) is 17.6 Å². The summed E-state index contributed by atoms with van der Waals surface area (Å²) in [6, 6.07) is 6.09. The Morgan fingerprint density at radius 1 is 1.31 bits per heavy atom. The highest BCUT2D eigenvalue weighted by Crippen LogP contribution is 2.38. The first kappa shape index (κ1) is 18.6. The van der Waals surface area contributed by atoms with Gasteiger partial charge < -0.3 is 14.8 Å². The quantitative estimate of drug-likeness (QED) is 0.793. The van der Waals surface area contributed by atoms with Crippen LogP contribution >= 0.6 is 11.3 Å².